The number of rotatable bonds is 7. The molecule has 0 saturated heterocycles. The Labute approximate surface area is 121 Å². The highest BCUT2D eigenvalue weighted by Gasteiger charge is 2.15. The van der Waals surface area contributed by atoms with E-state index in [9.17, 15) is 8.42 Å². The molecule has 0 aliphatic rings. The summed E-state index contributed by atoms with van der Waals surface area (Å²) < 4.78 is 24.3. The van der Waals surface area contributed by atoms with Gasteiger partial charge in [0.2, 0.25) is 0 Å². The van der Waals surface area contributed by atoms with E-state index >= 15 is 0 Å². The molecule has 1 aromatic carbocycles. The summed E-state index contributed by atoms with van der Waals surface area (Å²) in [6, 6.07) is 8.41. The summed E-state index contributed by atoms with van der Waals surface area (Å²) in [6.45, 7) is 6.76. The summed E-state index contributed by atoms with van der Waals surface area (Å²) in [7, 11) is -3.33. The van der Waals surface area contributed by atoms with Gasteiger partial charge in [0, 0.05) is 12.6 Å². The fourth-order valence-corrected chi connectivity index (χ4v) is 3.32. The third kappa shape index (κ3) is 5.32. The molecule has 1 N–H and O–H groups in total. The van der Waals surface area contributed by atoms with E-state index in [1.54, 1.807) is 12.1 Å². The van der Waals surface area contributed by atoms with Crippen LogP contribution >= 0.6 is 0 Å². The second-order valence-electron chi connectivity index (χ2n) is 5.44. The molecule has 0 bridgehead atoms. The van der Waals surface area contributed by atoms with Crippen LogP contribution in [0.15, 0.2) is 29.2 Å². The molecular weight excluding hydrogens is 272 g/mol. The van der Waals surface area contributed by atoms with E-state index in [1.165, 1.54) is 12.1 Å². The van der Waals surface area contributed by atoms with Crippen molar-refractivity contribution in [2.75, 3.05) is 12.3 Å². The Bertz CT molecular complexity index is 574. The normalized spacial score (nSPS) is 13.2. The van der Waals surface area contributed by atoms with E-state index in [0.29, 0.717) is 24.1 Å². The van der Waals surface area contributed by atoms with Crippen molar-refractivity contribution in [2.45, 2.75) is 38.1 Å². The molecule has 1 unspecified atom stereocenters. The van der Waals surface area contributed by atoms with E-state index in [4.69, 9.17) is 5.26 Å². The van der Waals surface area contributed by atoms with Crippen LogP contribution in [-0.4, -0.2) is 26.8 Å². The van der Waals surface area contributed by atoms with Gasteiger partial charge in [0.25, 0.3) is 0 Å². The van der Waals surface area contributed by atoms with Crippen LogP contribution < -0.4 is 5.32 Å². The predicted octanol–water partition coefficient (Wildman–Crippen LogP) is 2.36. The van der Waals surface area contributed by atoms with Crippen molar-refractivity contribution >= 4 is 9.84 Å². The van der Waals surface area contributed by atoms with Crippen LogP contribution in [0.2, 0.25) is 0 Å². The summed E-state index contributed by atoms with van der Waals surface area (Å²) in [5.74, 6) is 0.631. The average molecular weight is 294 g/mol. The lowest BCUT2D eigenvalue weighted by atomic mass is 10.1. The van der Waals surface area contributed by atoms with Gasteiger partial charge in [-0.1, -0.05) is 19.9 Å². The Morgan fingerprint density at radius 3 is 2.60 bits per heavy atom. The van der Waals surface area contributed by atoms with E-state index in [2.05, 4.69) is 26.1 Å². The van der Waals surface area contributed by atoms with E-state index in [0.717, 1.165) is 6.42 Å². The molecule has 20 heavy (non-hydrogen) atoms. The molecule has 110 valence electrons. The highest BCUT2D eigenvalue weighted by molar-refractivity contribution is 7.91. The first-order valence-corrected chi connectivity index (χ1v) is 8.46. The summed E-state index contributed by atoms with van der Waals surface area (Å²) in [5.41, 5.74) is 0.368. The standard InChI is InChI=1S/C15H22N2O2S/c1-12(2)9-13(3)17-7-8-20(18,19)15-6-4-5-14(10-15)11-16/h4-6,10,12-13,17H,7-9H2,1-3H3. The number of hydrogen-bond donors (Lipinski definition) is 1. The number of benzene rings is 1. The van der Waals surface area contributed by atoms with E-state index in [-0.39, 0.29) is 10.6 Å². The van der Waals surface area contributed by atoms with Gasteiger partial charge in [0.15, 0.2) is 9.84 Å². The molecule has 0 aromatic heterocycles. The summed E-state index contributed by atoms with van der Waals surface area (Å²) in [4.78, 5) is 0.217. The maximum Gasteiger partial charge on any atom is 0.179 e. The maximum atomic E-state index is 12.2. The second kappa shape index (κ2) is 7.41. The van der Waals surface area contributed by atoms with Crippen molar-refractivity contribution in [2.24, 2.45) is 5.92 Å². The molecule has 0 radical (unpaired) electrons. The number of hydrogen-bond acceptors (Lipinski definition) is 4. The number of nitrogens with zero attached hydrogens (tertiary/aromatic N) is 1. The van der Waals surface area contributed by atoms with Gasteiger partial charge < -0.3 is 5.32 Å². The van der Waals surface area contributed by atoms with Gasteiger partial charge in [-0.25, -0.2) is 8.42 Å². The number of nitriles is 1. The van der Waals surface area contributed by atoms with Crippen LogP contribution in [0, 0.1) is 17.2 Å². The highest BCUT2D eigenvalue weighted by atomic mass is 32.2. The van der Waals surface area contributed by atoms with Gasteiger partial charge in [0.1, 0.15) is 0 Å². The van der Waals surface area contributed by atoms with Crippen molar-refractivity contribution in [3.63, 3.8) is 0 Å². The zero-order chi connectivity index (χ0) is 15.2. The van der Waals surface area contributed by atoms with Crippen LogP contribution in [0.25, 0.3) is 0 Å². The maximum absolute atomic E-state index is 12.2. The molecule has 0 fully saturated rings. The third-order valence-corrected chi connectivity index (χ3v) is 4.72. The molecule has 4 nitrogen and oxygen atoms in total. The minimum atomic E-state index is -3.33. The Hall–Kier alpha value is -1.38. The Morgan fingerprint density at radius 1 is 1.30 bits per heavy atom. The first kappa shape index (κ1) is 16.7. The van der Waals surface area contributed by atoms with Gasteiger partial charge in [-0.15, -0.1) is 0 Å². The fraction of sp³-hybridized carbons (Fsp3) is 0.533. The Balaban J connectivity index is 2.60. The molecule has 0 saturated carbocycles. The molecule has 0 amide bonds. The smallest absolute Gasteiger partial charge is 0.179 e. The molecule has 0 aliphatic heterocycles. The summed E-state index contributed by atoms with van der Waals surface area (Å²) in [5, 5.41) is 12.0. The first-order valence-electron chi connectivity index (χ1n) is 6.81. The molecule has 0 aliphatic carbocycles. The van der Waals surface area contributed by atoms with Crippen molar-refractivity contribution in [1.82, 2.24) is 5.32 Å². The minimum Gasteiger partial charge on any atom is -0.313 e. The van der Waals surface area contributed by atoms with Gasteiger partial charge in [-0.3, -0.25) is 0 Å². The lowest BCUT2D eigenvalue weighted by Crippen LogP contribution is -2.32. The molecular formula is C15H22N2O2S. The van der Waals surface area contributed by atoms with Crippen LogP contribution in [0.3, 0.4) is 0 Å². The van der Waals surface area contributed by atoms with Crippen LogP contribution in [0.5, 0.6) is 0 Å². The monoisotopic (exact) mass is 294 g/mol. The summed E-state index contributed by atoms with van der Waals surface area (Å²) in [6.07, 6.45) is 1.02. The zero-order valence-electron chi connectivity index (χ0n) is 12.3. The topological polar surface area (TPSA) is 70.0 Å². The molecule has 1 atom stereocenters. The molecule has 0 spiro atoms. The zero-order valence-corrected chi connectivity index (χ0v) is 13.1. The van der Waals surface area contributed by atoms with Crippen LogP contribution in [0.4, 0.5) is 0 Å². The molecule has 5 heteroatoms. The second-order valence-corrected chi connectivity index (χ2v) is 7.55. The minimum absolute atomic E-state index is 0.0459. The Morgan fingerprint density at radius 2 is 2.00 bits per heavy atom. The lowest BCUT2D eigenvalue weighted by Gasteiger charge is -2.15. The quantitative estimate of drug-likeness (QED) is 0.838. The van der Waals surface area contributed by atoms with Crippen molar-refractivity contribution in [3.8, 4) is 6.07 Å². The lowest BCUT2D eigenvalue weighted by molar-refractivity contribution is 0.451. The van der Waals surface area contributed by atoms with Gasteiger partial charge >= 0.3 is 0 Å². The molecule has 1 rings (SSSR count). The van der Waals surface area contributed by atoms with Crippen molar-refractivity contribution in [1.29, 1.82) is 5.26 Å². The van der Waals surface area contributed by atoms with Gasteiger partial charge in [-0.05, 0) is 37.5 Å². The summed E-state index contributed by atoms with van der Waals surface area (Å²) >= 11 is 0. The SMILES string of the molecule is CC(C)CC(C)NCCS(=O)(=O)c1cccc(C#N)c1. The third-order valence-electron chi connectivity index (χ3n) is 3.01. The van der Waals surface area contributed by atoms with Crippen molar-refractivity contribution in [3.05, 3.63) is 29.8 Å². The van der Waals surface area contributed by atoms with E-state index in [1.807, 2.05) is 6.07 Å². The van der Waals surface area contributed by atoms with Gasteiger partial charge in [-0.2, -0.15) is 5.26 Å². The van der Waals surface area contributed by atoms with Crippen molar-refractivity contribution < 1.29 is 8.42 Å². The largest absolute Gasteiger partial charge is 0.313 e. The Kier molecular flexibility index (Phi) is 6.18. The fourth-order valence-electron chi connectivity index (χ4n) is 2.11. The first-order chi connectivity index (χ1) is 9.35. The van der Waals surface area contributed by atoms with Crippen LogP contribution in [0.1, 0.15) is 32.8 Å². The number of sulfone groups is 1. The van der Waals surface area contributed by atoms with Crippen LogP contribution in [-0.2, 0) is 9.84 Å². The van der Waals surface area contributed by atoms with Gasteiger partial charge in [0.05, 0.1) is 22.3 Å². The average Bonchev–Trinajstić information content (AvgIpc) is 2.37. The van der Waals surface area contributed by atoms with E-state index < -0.39 is 9.84 Å². The predicted molar refractivity (Wildman–Crippen MR) is 80.1 cm³/mol. The molecule has 1 aromatic rings. The number of nitrogens with one attached hydrogen (secondary N) is 1. The highest BCUT2D eigenvalue weighted by Crippen LogP contribution is 2.12. The molecule has 0 heterocycles.